The van der Waals surface area contributed by atoms with Crippen molar-refractivity contribution in [1.82, 2.24) is 24.4 Å². The van der Waals surface area contributed by atoms with Gasteiger partial charge in [0, 0.05) is 37.5 Å². The Morgan fingerprint density at radius 3 is 2.35 bits per heavy atom. The Labute approximate surface area is 156 Å². The molecule has 4 rings (SSSR count). The van der Waals surface area contributed by atoms with Crippen LogP contribution in [-0.4, -0.2) is 76.8 Å². The van der Waals surface area contributed by atoms with Crippen molar-refractivity contribution in [3.05, 3.63) is 23.5 Å². The molecule has 0 atom stereocenters. The molecule has 0 aliphatic carbocycles. The van der Waals surface area contributed by atoms with Gasteiger partial charge in [0.2, 0.25) is 0 Å². The van der Waals surface area contributed by atoms with Crippen LogP contribution in [0, 0.1) is 13.8 Å². The summed E-state index contributed by atoms with van der Waals surface area (Å²) in [6, 6.07) is 4.25. The Morgan fingerprint density at radius 2 is 1.54 bits per heavy atom. The molecule has 0 aromatic carbocycles. The second kappa shape index (κ2) is 7.92. The maximum Gasteiger partial charge on any atom is 0.157 e. The molecule has 2 aromatic heterocycles. The van der Waals surface area contributed by atoms with E-state index in [2.05, 4.69) is 43.8 Å². The second-order valence-corrected chi connectivity index (χ2v) is 7.90. The van der Waals surface area contributed by atoms with E-state index in [1.165, 1.54) is 64.2 Å². The molecule has 0 N–H and O–H groups in total. The van der Waals surface area contributed by atoms with E-state index in [9.17, 15) is 0 Å². The summed E-state index contributed by atoms with van der Waals surface area (Å²) in [6.07, 6.45) is 5.31. The Kier molecular flexibility index (Phi) is 5.41. The van der Waals surface area contributed by atoms with E-state index in [4.69, 9.17) is 0 Å². The first-order valence-corrected chi connectivity index (χ1v) is 10.2. The molecule has 0 radical (unpaired) electrons. The molecule has 4 heterocycles. The van der Waals surface area contributed by atoms with Crippen LogP contribution in [-0.2, 0) is 0 Å². The van der Waals surface area contributed by atoms with Gasteiger partial charge in [-0.2, -0.15) is 9.61 Å². The smallest absolute Gasteiger partial charge is 0.157 e. The first kappa shape index (κ1) is 17.7. The summed E-state index contributed by atoms with van der Waals surface area (Å²) in [5.74, 6) is 1.19. The zero-order valence-corrected chi connectivity index (χ0v) is 16.3. The molecule has 2 aliphatic heterocycles. The molecular formula is C20H32N6. The fraction of sp³-hybridized carbons (Fsp3) is 0.700. The summed E-state index contributed by atoms with van der Waals surface area (Å²) in [6.45, 7) is 13.8. The standard InChI is InChI=1S/C20H32N6/c1-17-16-20(26-19(21-17)15-18(2)22-26)25-12-6-11-24(13-14-25)10-5-9-23-7-3-4-8-23/h15-16H,3-14H2,1-2H3. The lowest BCUT2D eigenvalue weighted by atomic mass is 10.3. The fourth-order valence-electron chi connectivity index (χ4n) is 4.37. The number of likely N-dealkylation sites (tertiary alicyclic amines) is 1. The van der Waals surface area contributed by atoms with E-state index < -0.39 is 0 Å². The molecule has 142 valence electrons. The van der Waals surface area contributed by atoms with Crippen LogP contribution in [0.4, 0.5) is 5.82 Å². The van der Waals surface area contributed by atoms with E-state index in [-0.39, 0.29) is 0 Å². The Hall–Kier alpha value is -1.66. The van der Waals surface area contributed by atoms with Gasteiger partial charge in [-0.05, 0) is 72.3 Å². The van der Waals surface area contributed by atoms with Gasteiger partial charge in [0.05, 0.1) is 5.69 Å². The van der Waals surface area contributed by atoms with Crippen molar-refractivity contribution in [3.8, 4) is 0 Å². The first-order valence-electron chi connectivity index (χ1n) is 10.2. The van der Waals surface area contributed by atoms with Crippen LogP contribution in [0.25, 0.3) is 5.65 Å². The van der Waals surface area contributed by atoms with Gasteiger partial charge in [-0.3, -0.25) is 0 Å². The van der Waals surface area contributed by atoms with E-state index in [0.29, 0.717) is 0 Å². The Morgan fingerprint density at radius 1 is 0.808 bits per heavy atom. The highest BCUT2D eigenvalue weighted by atomic mass is 15.4. The van der Waals surface area contributed by atoms with Gasteiger partial charge >= 0.3 is 0 Å². The Balaban J connectivity index is 1.37. The second-order valence-electron chi connectivity index (χ2n) is 7.90. The minimum absolute atomic E-state index is 0.962. The molecule has 0 bridgehead atoms. The number of nitrogens with zero attached hydrogens (tertiary/aromatic N) is 6. The molecule has 2 fully saturated rings. The molecular weight excluding hydrogens is 324 g/mol. The fourth-order valence-corrected chi connectivity index (χ4v) is 4.37. The molecule has 6 heteroatoms. The number of aromatic nitrogens is 3. The molecule has 6 nitrogen and oxygen atoms in total. The van der Waals surface area contributed by atoms with Crippen molar-refractivity contribution in [2.24, 2.45) is 0 Å². The van der Waals surface area contributed by atoms with Crippen molar-refractivity contribution in [2.45, 2.75) is 39.5 Å². The van der Waals surface area contributed by atoms with Crippen LogP contribution in [0.1, 0.15) is 37.1 Å². The third-order valence-electron chi connectivity index (χ3n) is 5.72. The van der Waals surface area contributed by atoms with Gasteiger partial charge in [-0.25, -0.2) is 4.98 Å². The summed E-state index contributed by atoms with van der Waals surface area (Å²) in [5, 5.41) is 4.67. The van der Waals surface area contributed by atoms with Crippen molar-refractivity contribution in [3.63, 3.8) is 0 Å². The third-order valence-corrected chi connectivity index (χ3v) is 5.72. The molecule has 0 saturated carbocycles. The average molecular weight is 357 g/mol. The Bertz CT molecular complexity index is 733. The topological polar surface area (TPSA) is 39.9 Å². The minimum atomic E-state index is 0.962. The highest BCUT2D eigenvalue weighted by Gasteiger charge is 2.19. The van der Waals surface area contributed by atoms with Crippen LogP contribution in [0.3, 0.4) is 0 Å². The monoisotopic (exact) mass is 356 g/mol. The van der Waals surface area contributed by atoms with Gasteiger partial charge in [-0.15, -0.1) is 0 Å². The predicted octanol–water partition coefficient (Wildman–Crippen LogP) is 2.34. The van der Waals surface area contributed by atoms with Gasteiger partial charge in [-0.1, -0.05) is 0 Å². The molecule has 2 aliphatic rings. The summed E-state index contributed by atoms with van der Waals surface area (Å²) in [4.78, 5) is 12.4. The zero-order chi connectivity index (χ0) is 17.9. The lowest BCUT2D eigenvalue weighted by molar-refractivity contribution is 0.257. The highest BCUT2D eigenvalue weighted by Crippen LogP contribution is 2.20. The first-order chi connectivity index (χ1) is 12.7. The van der Waals surface area contributed by atoms with E-state index in [0.717, 1.165) is 36.7 Å². The van der Waals surface area contributed by atoms with Crippen molar-refractivity contribution < 1.29 is 0 Å². The summed E-state index contributed by atoms with van der Waals surface area (Å²) >= 11 is 0. The number of anilines is 1. The van der Waals surface area contributed by atoms with Crippen LogP contribution in [0.15, 0.2) is 12.1 Å². The SMILES string of the molecule is Cc1cc(N2CCCN(CCCN3CCCC3)CC2)n2nc(C)cc2n1. The number of hydrogen-bond donors (Lipinski definition) is 0. The minimum Gasteiger partial charge on any atom is -0.355 e. The maximum absolute atomic E-state index is 4.67. The number of rotatable bonds is 5. The zero-order valence-electron chi connectivity index (χ0n) is 16.3. The van der Waals surface area contributed by atoms with Crippen LogP contribution < -0.4 is 4.90 Å². The summed E-state index contributed by atoms with van der Waals surface area (Å²) in [7, 11) is 0. The molecule has 0 amide bonds. The van der Waals surface area contributed by atoms with Gasteiger partial charge in [0.25, 0.3) is 0 Å². The number of hydrogen-bond acceptors (Lipinski definition) is 5. The van der Waals surface area contributed by atoms with Gasteiger partial charge < -0.3 is 14.7 Å². The van der Waals surface area contributed by atoms with Crippen molar-refractivity contribution in [2.75, 3.05) is 57.3 Å². The molecule has 0 spiro atoms. The summed E-state index contributed by atoms with van der Waals surface area (Å²) in [5.41, 5.74) is 3.06. The third kappa shape index (κ3) is 4.01. The predicted molar refractivity (Wildman–Crippen MR) is 106 cm³/mol. The van der Waals surface area contributed by atoms with E-state index in [1.54, 1.807) is 0 Å². The maximum atomic E-state index is 4.67. The normalized spacial score (nSPS) is 20.2. The number of fused-ring (bicyclic) bond motifs is 1. The van der Waals surface area contributed by atoms with Crippen LogP contribution in [0.2, 0.25) is 0 Å². The van der Waals surface area contributed by atoms with Crippen LogP contribution >= 0.6 is 0 Å². The quantitative estimate of drug-likeness (QED) is 0.822. The highest BCUT2D eigenvalue weighted by molar-refractivity contribution is 5.52. The lowest BCUT2D eigenvalue weighted by Gasteiger charge is -2.24. The van der Waals surface area contributed by atoms with E-state index in [1.807, 2.05) is 11.4 Å². The average Bonchev–Trinajstić information content (AvgIpc) is 3.18. The molecule has 2 aromatic rings. The molecule has 2 saturated heterocycles. The van der Waals surface area contributed by atoms with Crippen LogP contribution in [0.5, 0.6) is 0 Å². The van der Waals surface area contributed by atoms with E-state index >= 15 is 0 Å². The number of aryl methyl sites for hydroxylation is 2. The van der Waals surface area contributed by atoms with Gasteiger partial charge in [0.1, 0.15) is 5.82 Å². The molecule has 26 heavy (non-hydrogen) atoms. The largest absolute Gasteiger partial charge is 0.355 e. The molecule has 0 unspecified atom stereocenters. The summed E-state index contributed by atoms with van der Waals surface area (Å²) < 4.78 is 2.02. The van der Waals surface area contributed by atoms with Crippen molar-refractivity contribution >= 4 is 11.5 Å². The van der Waals surface area contributed by atoms with Crippen molar-refractivity contribution in [1.29, 1.82) is 0 Å². The lowest BCUT2D eigenvalue weighted by Crippen LogP contribution is -2.33. The van der Waals surface area contributed by atoms with Gasteiger partial charge in [0.15, 0.2) is 5.65 Å².